The van der Waals surface area contributed by atoms with Crippen molar-refractivity contribution in [1.29, 1.82) is 0 Å². The van der Waals surface area contributed by atoms with Crippen molar-refractivity contribution in [2.45, 2.75) is 37.8 Å². The van der Waals surface area contributed by atoms with Gasteiger partial charge in [0.05, 0.1) is 9.47 Å². The molecule has 0 aliphatic heterocycles. The molecule has 1 heterocycles. The average Bonchev–Trinajstić information content (AvgIpc) is 2.72. The molecule has 0 bridgehead atoms. The van der Waals surface area contributed by atoms with Crippen LogP contribution in [-0.2, 0) is 10.0 Å². The van der Waals surface area contributed by atoms with E-state index < -0.39 is 10.0 Å². The Labute approximate surface area is 138 Å². The summed E-state index contributed by atoms with van der Waals surface area (Å²) in [5, 5.41) is 0. The lowest BCUT2D eigenvalue weighted by Crippen LogP contribution is -2.14. The highest BCUT2D eigenvalue weighted by Crippen LogP contribution is 2.34. The summed E-state index contributed by atoms with van der Waals surface area (Å²) in [5.41, 5.74) is 3.55. The number of rotatable bonds is 4. The molecule has 21 heavy (non-hydrogen) atoms. The molecule has 0 radical (unpaired) electrons. The number of halogens is 1. The van der Waals surface area contributed by atoms with E-state index in [1.54, 1.807) is 6.07 Å². The number of aryl methyl sites for hydroxylation is 2. The highest BCUT2D eigenvalue weighted by molar-refractivity contribution is 9.11. The predicted octanol–water partition coefficient (Wildman–Crippen LogP) is 5.05. The molecule has 0 saturated carbocycles. The lowest BCUT2D eigenvalue weighted by atomic mass is 9.99. The molecular formula is C15H18BrNO2S2. The van der Waals surface area contributed by atoms with E-state index in [0.717, 1.165) is 20.5 Å². The first-order valence-electron chi connectivity index (χ1n) is 6.60. The lowest BCUT2D eigenvalue weighted by molar-refractivity contribution is 0.603. The Balaban J connectivity index is 2.46. The average molecular weight is 388 g/mol. The molecule has 1 aromatic carbocycles. The summed E-state index contributed by atoms with van der Waals surface area (Å²) in [7, 11) is -3.55. The molecule has 0 fully saturated rings. The van der Waals surface area contributed by atoms with Crippen LogP contribution in [0.1, 0.15) is 36.5 Å². The minimum Gasteiger partial charge on any atom is -0.278 e. The van der Waals surface area contributed by atoms with Crippen molar-refractivity contribution in [3.05, 3.63) is 44.7 Å². The first-order valence-corrected chi connectivity index (χ1v) is 9.70. The van der Waals surface area contributed by atoms with Gasteiger partial charge < -0.3 is 0 Å². The third kappa shape index (κ3) is 3.49. The number of para-hydroxylation sites is 1. The second-order valence-corrected chi connectivity index (χ2v) is 9.60. The van der Waals surface area contributed by atoms with Gasteiger partial charge in [-0.1, -0.05) is 32.0 Å². The highest BCUT2D eigenvalue weighted by atomic mass is 79.9. The zero-order chi connectivity index (χ0) is 15.8. The monoisotopic (exact) mass is 387 g/mol. The largest absolute Gasteiger partial charge is 0.278 e. The van der Waals surface area contributed by atoms with Crippen LogP contribution in [0.3, 0.4) is 0 Å². The Morgan fingerprint density at radius 1 is 1.19 bits per heavy atom. The van der Waals surface area contributed by atoms with Gasteiger partial charge in [-0.25, -0.2) is 8.42 Å². The van der Waals surface area contributed by atoms with E-state index in [2.05, 4.69) is 34.5 Å². The van der Waals surface area contributed by atoms with Crippen molar-refractivity contribution in [2.75, 3.05) is 4.72 Å². The summed E-state index contributed by atoms with van der Waals surface area (Å²) in [6.45, 7) is 7.91. The van der Waals surface area contributed by atoms with Gasteiger partial charge in [-0.3, -0.25) is 4.72 Å². The number of anilines is 1. The van der Waals surface area contributed by atoms with Crippen molar-refractivity contribution in [3.63, 3.8) is 0 Å². The second-order valence-electron chi connectivity index (χ2n) is 5.32. The topological polar surface area (TPSA) is 46.2 Å². The second kappa shape index (κ2) is 6.10. The van der Waals surface area contributed by atoms with Crippen LogP contribution in [-0.4, -0.2) is 8.42 Å². The van der Waals surface area contributed by atoms with Gasteiger partial charge in [0.2, 0.25) is 0 Å². The quantitative estimate of drug-likeness (QED) is 0.797. The Bertz CT molecular complexity index is 744. The smallest absolute Gasteiger partial charge is 0.271 e. The van der Waals surface area contributed by atoms with Gasteiger partial charge in [0.1, 0.15) is 4.21 Å². The number of thiophene rings is 1. The van der Waals surface area contributed by atoms with Crippen LogP contribution < -0.4 is 4.72 Å². The zero-order valence-electron chi connectivity index (χ0n) is 12.4. The van der Waals surface area contributed by atoms with Crippen LogP contribution >= 0.6 is 27.3 Å². The summed E-state index contributed by atoms with van der Waals surface area (Å²) in [4.78, 5) is 0. The van der Waals surface area contributed by atoms with Crippen LogP contribution in [0, 0.1) is 13.8 Å². The molecule has 1 aromatic heterocycles. The zero-order valence-corrected chi connectivity index (χ0v) is 15.6. The maximum atomic E-state index is 12.6. The van der Waals surface area contributed by atoms with Gasteiger partial charge >= 0.3 is 0 Å². The SMILES string of the molecule is Cc1cc(S(=O)(=O)Nc2c(C)cccc2C(C)C)sc1Br. The molecule has 0 atom stereocenters. The third-order valence-corrected chi connectivity index (χ3v) is 7.22. The number of hydrogen-bond donors (Lipinski definition) is 1. The van der Waals surface area contributed by atoms with Crippen LogP contribution in [0.25, 0.3) is 0 Å². The first-order chi connectivity index (χ1) is 9.72. The molecule has 1 N–H and O–H groups in total. The molecule has 0 spiro atoms. The van der Waals surface area contributed by atoms with Gasteiger partial charge in [0.15, 0.2) is 0 Å². The van der Waals surface area contributed by atoms with Crippen molar-refractivity contribution in [2.24, 2.45) is 0 Å². The summed E-state index contributed by atoms with van der Waals surface area (Å²) < 4.78 is 29.1. The number of hydrogen-bond acceptors (Lipinski definition) is 3. The highest BCUT2D eigenvalue weighted by Gasteiger charge is 2.21. The molecule has 0 unspecified atom stereocenters. The van der Waals surface area contributed by atoms with Crippen LogP contribution in [0.4, 0.5) is 5.69 Å². The summed E-state index contributed by atoms with van der Waals surface area (Å²) >= 11 is 4.60. The van der Waals surface area contributed by atoms with Gasteiger partial charge in [-0.2, -0.15) is 0 Å². The van der Waals surface area contributed by atoms with Crippen LogP contribution in [0.15, 0.2) is 32.3 Å². The summed E-state index contributed by atoms with van der Waals surface area (Å²) in [6.07, 6.45) is 0. The van der Waals surface area contributed by atoms with Crippen molar-refractivity contribution >= 4 is 43.0 Å². The minimum absolute atomic E-state index is 0.249. The van der Waals surface area contributed by atoms with Gasteiger partial charge in [0.25, 0.3) is 10.0 Å². The van der Waals surface area contributed by atoms with Crippen molar-refractivity contribution in [3.8, 4) is 0 Å². The fourth-order valence-corrected chi connectivity index (χ4v) is 5.45. The summed E-state index contributed by atoms with van der Waals surface area (Å²) in [6, 6.07) is 7.52. The maximum Gasteiger partial charge on any atom is 0.271 e. The Morgan fingerprint density at radius 2 is 1.86 bits per heavy atom. The fourth-order valence-electron chi connectivity index (χ4n) is 2.06. The van der Waals surface area contributed by atoms with E-state index in [4.69, 9.17) is 0 Å². The molecular weight excluding hydrogens is 370 g/mol. The third-order valence-electron chi connectivity index (χ3n) is 3.26. The maximum absolute atomic E-state index is 12.6. The molecule has 2 rings (SSSR count). The van der Waals surface area contributed by atoms with Gasteiger partial charge in [-0.05, 0) is 58.5 Å². The van der Waals surface area contributed by atoms with Gasteiger partial charge in [0, 0.05) is 0 Å². The van der Waals surface area contributed by atoms with Crippen LogP contribution in [0.5, 0.6) is 0 Å². The van der Waals surface area contributed by atoms with E-state index >= 15 is 0 Å². The van der Waals surface area contributed by atoms with E-state index in [9.17, 15) is 8.42 Å². The van der Waals surface area contributed by atoms with E-state index in [-0.39, 0.29) is 5.92 Å². The van der Waals surface area contributed by atoms with E-state index in [1.807, 2.05) is 32.0 Å². The molecule has 0 aliphatic rings. The number of sulfonamides is 1. The van der Waals surface area contributed by atoms with Crippen molar-refractivity contribution in [1.82, 2.24) is 0 Å². The molecule has 0 saturated heterocycles. The standard InChI is InChI=1S/C15H18BrNO2S2/c1-9(2)12-7-5-6-10(3)14(12)17-21(18,19)13-8-11(4)15(16)20-13/h5-9,17H,1-4H3. The van der Waals surface area contributed by atoms with E-state index in [0.29, 0.717) is 9.90 Å². The normalized spacial score (nSPS) is 11.9. The van der Waals surface area contributed by atoms with E-state index in [1.165, 1.54) is 11.3 Å². The molecule has 0 aliphatic carbocycles. The van der Waals surface area contributed by atoms with Crippen molar-refractivity contribution < 1.29 is 8.42 Å². The molecule has 3 nitrogen and oxygen atoms in total. The van der Waals surface area contributed by atoms with Crippen LogP contribution in [0.2, 0.25) is 0 Å². The number of benzene rings is 1. The Kier molecular flexibility index (Phi) is 4.80. The Morgan fingerprint density at radius 3 is 2.38 bits per heavy atom. The molecule has 114 valence electrons. The molecule has 2 aromatic rings. The number of nitrogens with one attached hydrogen (secondary N) is 1. The molecule has 0 amide bonds. The summed E-state index contributed by atoms with van der Waals surface area (Å²) in [5.74, 6) is 0.249. The lowest BCUT2D eigenvalue weighted by Gasteiger charge is -2.16. The van der Waals surface area contributed by atoms with Gasteiger partial charge in [-0.15, -0.1) is 11.3 Å². The molecule has 6 heteroatoms. The minimum atomic E-state index is -3.55. The Hall–Kier alpha value is -0.850. The first kappa shape index (κ1) is 16.5. The predicted molar refractivity (Wildman–Crippen MR) is 92.8 cm³/mol. The fraction of sp³-hybridized carbons (Fsp3) is 0.333.